The van der Waals surface area contributed by atoms with Crippen LogP contribution in [-0.4, -0.2) is 34.5 Å². The fourth-order valence-electron chi connectivity index (χ4n) is 2.47. The van der Waals surface area contributed by atoms with E-state index in [2.05, 4.69) is 15.4 Å². The standard InChI is InChI=1S/C19H25N3O3S.ClH/c1-14-9-10-16(13-17(14)19(23)21-12-6-11-20-3)26(24,25)22-18-8-5-4-7-15(18)2;/h4-5,7-10,13,20,22H,6,11-12H2,1-3H3,(H,21,23);1H. The van der Waals surface area contributed by atoms with Gasteiger partial charge in [-0.2, -0.15) is 0 Å². The molecule has 0 radical (unpaired) electrons. The van der Waals surface area contributed by atoms with Crippen LogP contribution in [0.25, 0.3) is 0 Å². The zero-order valence-corrected chi connectivity index (χ0v) is 17.3. The number of rotatable bonds is 8. The number of nitrogens with one attached hydrogen (secondary N) is 3. The maximum atomic E-state index is 12.7. The van der Waals surface area contributed by atoms with E-state index in [-0.39, 0.29) is 23.2 Å². The van der Waals surface area contributed by atoms with Crippen molar-refractivity contribution in [1.29, 1.82) is 0 Å². The van der Waals surface area contributed by atoms with Crippen molar-refractivity contribution < 1.29 is 13.2 Å². The van der Waals surface area contributed by atoms with Crippen molar-refractivity contribution in [2.75, 3.05) is 24.9 Å². The van der Waals surface area contributed by atoms with Gasteiger partial charge in [0.25, 0.3) is 15.9 Å². The average molecular weight is 412 g/mol. The van der Waals surface area contributed by atoms with E-state index in [9.17, 15) is 13.2 Å². The summed E-state index contributed by atoms with van der Waals surface area (Å²) >= 11 is 0. The van der Waals surface area contributed by atoms with Crippen molar-refractivity contribution in [1.82, 2.24) is 10.6 Å². The van der Waals surface area contributed by atoms with Gasteiger partial charge in [0.05, 0.1) is 10.6 Å². The minimum absolute atomic E-state index is 0. The number of hydrogen-bond acceptors (Lipinski definition) is 4. The summed E-state index contributed by atoms with van der Waals surface area (Å²) in [5.41, 5.74) is 2.44. The molecule has 0 heterocycles. The molecule has 1 amide bonds. The molecule has 3 N–H and O–H groups in total. The number of hydrogen-bond donors (Lipinski definition) is 3. The van der Waals surface area contributed by atoms with Gasteiger partial charge in [-0.1, -0.05) is 24.3 Å². The summed E-state index contributed by atoms with van der Waals surface area (Å²) in [5.74, 6) is -0.272. The quantitative estimate of drug-likeness (QED) is 0.583. The monoisotopic (exact) mass is 411 g/mol. The molecule has 148 valence electrons. The van der Waals surface area contributed by atoms with Crippen LogP contribution in [0.4, 0.5) is 5.69 Å². The molecule has 0 aliphatic heterocycles. The largest absolute Gasteiger partial charge is 0.352 e. The smallest absolute Gasteiger partial charge is 0.261 e. The number of benzene rings is 2. The minimum atomic E-state index is -3.78. The maximum Gasteiger partial charge on any atom is 0.261 e. The second-order valence-electron chi connectivity index (χ2n) is 6.11. The highest BCUT2D eigenvalue weighted by molar-refractivity contribution is 7.92. The lowest BCUT2D eigenvalue weighted by atomic mass is 10.1. The zero-order valence-electron chi connectivity index (χ0n) is 15.7. The Hall–Kier alpha value is -2.09. The van der Waals surface area contributed by atoms with E-state index in [1.807, 2.05) is 26.1 Å². The first kappa shape index (κ1) is 23.0. The van der Waals surface area contributed by atoms with Crippen molar-refractivity contribution >= 4 is 34.0 Å². The zero-order chi connectivity index (χ0) is 19.2. The van der Waals surface area contributed by atoms with Crippen LogP contribution in [0.2, 0.25) is 0 Å². The molecule has 2 aromatic rings. The number of amides is 1. The number of aryl methyl sites for hydroxylation is 2. The third kappa shape index (κ3) is 6.23. The number of anilines is 1. The Morgan fingerprint density at radius 1 is 1.00 bits per heavy atom. The Labute approximate surface area is 167 Å². The van der Waals surface area contributed by atoms with Crippen LogP contribution in [0.1, 0.15) is 27.9 Å². The highest BCUT2D eigenvalue weighted by Crippen LogP contribution is 2.21. The summed E-state index contributed by atoms with van der Waals surface area (Å²) in [5, 5.41) is 5.83. The molecule has 2 rings (SSSR count). The van der Waals surface area contributed by atoms with Gasteiger partial charge in [0.2, 0.25) is 0 Å². The first-order chi connectivity index (χ1) is 12.3. The highest BCUT2D eigenvalue weighted by Gasteiger charge is 2.18. The molecule has 8 heteroatoms. The molecule has 0 fully saturated rings. The summed E-state index contributed by atoms with van der Waals surface area (Å²) in [6.07, 6.45) is 0.800. The van der Waals surface area contributed by atoms with Crippen LogP contribution in [-0.2, 0) is 10.0 Å². The van der Waals surface area contributed by atoms with Crippen molar-refractivity contribution in [2.45, 2.75) is 25.2 Å². The van der Waals surface area contributed by atoms with Gasteiger partial charge in [-0.15, -0.1) is 12.4 Å². The Balaban J connectivity index is 0.00000364. The van der Waals surface area contributed by atoms with Crippen LogP contribution in [0, 0.1) is 13.8 Å². The lowest BCUT2D eigenvalue weighted by Crippen LogP contribution is -2.27. The predicted octanol–water partition coefficient (Wildman–Crippen LogP) is 2.87. The number of sulfonamides is 1. The van der Waals surface area contributed by atoms with E-state index >= 15 is 0 Å². The molecule has 0 saturated carbocycles. The number of carbonyl (C=O) groups is 1. The topological polar surface area (TPSA) is 87.3 Å². The van der Waals surface area contributed by atoms with Gasteiger partial charge in [-0.3, -0.25) is 9.52 Å². The summed E-state index contributed by atoms with van der Waals surface area (Å²) in [7, 11) is -1.93. The van der Waals surface area contributed by atoms with Gasteiger partial charge in [-0.25, -0.2) is 8.42 Å². The molecule has 0 spiro atoms. The van der Waals surface area contributed by atoms with Crippen LogP contribution in [0.3, 0.4) is 0 Å². The molecule has 0 aliphatic carbocycles. The fraction of sp³-hybridized carbons (Fsp3) is 0.316. The Bertz CT molecular complexity index is 886. The number of halogens is 1. The first-order valence-electron chi connectivity index (χ1n) is 8.47. The molecule has 0 atom stereocenters. The number of para-hydroxylation sites is 1. The van der Waals surface area contributed by atoms with Crippen molar-refractivity contribution in [3.63, 3.8) is 0 Å². The molecular weight excluding hydrogens is 386 g/mol. The van der Waals surface area contributed by atoms with Crippen LogP contribution in [0.15, 0.2) is 47.4 Å². The molecule has 0 aliphatic rings. The SMILES string of the molecule is CNCCCNC(=O)c1cc(S(=O)(=O)Nc2ccccc2C)ccc1C.Cl. The lowest BCUT2D eigenvalue weighted by molar-refractivity contribution is 0.0952. The third-order valence-electron chi connectivity index (χ3n) is 4.04. The normalized spacial score (nSPS) is 10.8. The predicted molar refractivity (Wildman–Crippen MR) is 111 cm³/mol. The summed E-state index contributed by atoms with van der Waals surface area (Å²) in [6, 6.07) is 11.7. The highest BCUT2D eigenvalue weighted by atomic mass is 35.5. The van der Waals surface area contributed by atoms with Crippen LogP contribution >= 0.6 is 12.4 Å². The Morgan fingerprint density at radius 2 is 1.70 bits per heavy atom. The average Bonchev–Trinajstić information content (AvgIpc) is 2.60. The molecule has 27 heavy (non-hydrogen) atoms. The van der Waals surface area contributed by atoms with E-state index in [1.165, 1.54) is 12.1 Å². The second-order valence-corrected chi connectivity index (χ2v) is 7.79. The van der Waals surface area contributed by atoms with Crippen molar-refractivity contribution in [2.24, 2.45) is 0 Å². The first-order valence-corrected chi connectivity index (χ1v) is 9.95. The summed E-state index contributed by atoms with van der Waals surface area (Å²) < 4.78 is 28.0. The van der Waals surface area contributed by atoms with E-state index in [1.54, 1.807) is 25.1 Å². The Morgan fingerprint density at radius 3 is 2.37 bits per heavy atom. The molecule has 2 aromatic carbocycles. The minimum Gasteiger partial charge on any atom is -0.352 e. The maximum absolute atomic E-state index is 12.7. The third-order valence-corrected chi connectivity index (χ3v) is 5.41. The summed E-state index contributed by atoms with van der Waals surface area (Å²) in [4.78, 5) is 12.4. The van der Waals surface area contributed by atoms with E-state index in [0.717, 1.165) is 24.1 Å². The number of carbonyl (C=O) groups excluding carboxylic acids is 1. The van der Waals surface area contributed by atoms with Crippen molar-refractivity contribution in [3.8, 4) is 0 Å². The summed E-state index contributed by atoms with van der Waals surface area (Å²) in [6.45, 7) is 4.94. The van der Waals surface area contributed by atoms with Gasteiger partial charge in [0, 0.05) is 12.1 Å². The van der Waals surface area contributed by atoms with Gasteiger partial charge in [0.15, 0.2) is 0 Å². The van der Waals surface area contributed by atoms with Gasteiger partial charge in [-0.05, 0) is 63.2 Å². The fourth-order valence-corrected chi connectivity index (χ4v) is 3.62. The van der Waals surface area contributed by atoms with Crippen LogP contribution in [0.5, 0.6) is 0 Å². The Kier molecular flexibility index (Phi) is 8.75. The van der Waals surface area contributed by atoms with E-state index < -0.39 is 10.0 Å². The van der Waals surface area contributed by atoms with Crippen molar-refractivity contribution in [3.05, 3.63) is 59.2 Å². The van der Waals surface area contributed by atoms with E-state index in [0.29, 0.717) is 17.8 Å². The molecule has 0 unspecified atom stereocenters. The molecule has 0 bridgehead atoms. The van der Waals surface area contributed by atoms with Gasteiger partial charge < -0.3 is 10.6 Å². The van der Waals surface area contributed by atoms with E-state index in [4.69, 9.17) is 0 Å². The van der Waals surface area contributed by atoms with Gasteiger partial charge >= 0.3 is 0 Å². The van der Waals surface area contributed by atoms with Gasteiger partial charge in [0.1, 0.15) is 0 Å². The molecule has 0 aromatic heterocycles. The molecule has 6 nitrogen and oxygen atoms in total. The van der Waals surface area contributed by atoms with Crippen LogP contribution < -0.4 is 15.4 Å². The lowest BCUT2D eigenvalue weighted by Gasteiger charge is -2.13. The second kappa shape index (κ2) is 10.3. The molecular formula is C19H26ClN3O3S. The molecule has 0 saturated heterocycles.